The van der Waals surface area contributed by atoms with Crippen LogP contribution in [0.25, 0.3) is 16.9 Å². The molecule has 100 valence electrons. The number of halogens is 1. The molecule has 0 unspecified atom stereocenters. The minimum atomic E-state index is -0.581. The van der Waals surface area contributed by atoms with Gasteiger partial charge in [-0.25, -0.2) is 9.97 Å². The zero-order chi connectivity index (χ0) is 14.1. The monoisotopic (exact) mass is 271 g/mol. The molecule has 0 aliphatic heterocycles. The summed E-state index contributed by atoms with van der Waals surface area (Å²) in [7, 11) is 0. The number of benzene rings is 1. The van der Waals surface area contributed by atoms with Crippen LogP contribution in [-0.4, -0.2) is 29.8 Å². The number of hydrogen-bond acceptors (Lipinski definition) is 5. The van der Waals surface area contributed by atoms with Gasteiger partial charge in [-0.05, 0) is 19.1 Å². The smallest absolute Gasteiger partial charge is 0.231 e. The zero-order valence-electron chi connectivity index (χ0n) is 10.5. The van der Waals surface area contributed by atoms with E-state index >= 15 is 0 Å². The standard InChI is InChI=1S/C13H10FN5O/c1-8-15-5-11(18-17-8)10-3-2-9(4-12(10)20)19-6-13(14)16-7-19/h2-7,20H,1H3. The van der Waals surface area contributed by atoms with E-state index in [0.717, 1.165) is 0 Å². The first-order valence-corrected chi connectivity index (χ1v) is 5.83. The Hall–Kier alpha value is -2.83. The molecule has 3 rings (SSSR count). The second-order valence-corrected chi connectivity index (χ2v) is 4.20. The Morgan fingerprint density at radius 3 is 2.65 bits per heavy atom. The maximum Gasteiger partial charge on any atom is 0.231 e. The topological polar surface area (TPSA) is 76.7 Å². The Morgan fingerprint density at radius 2 is 2.05 bits per heavy atom. The lowest BCUT2D eigenvalue weighted by atomic mass is 10.1. The lowest BCUT2D eigenvalue weighted by Crippen LogP contribution is -1.95. The van der Waals surface area contributed by atoms with Crippen molar-refractivity contribution in [3.8, 4) is 22.7 Å². The molecular formula is C13H10FN5O. The van der Waals surface area contributed by atoms with E-state index in [1.807, 2.05) is 0 Å². The van der Waals surface area contributed by atoms with Crippen molar-refractivity contribution in [2.45, 2.75) is 6.92 Å². The molecule has 20 heavy (non-hydrogen) atoms. The number of aromatic nitrogens is 5. The average molecular weight is 271 g/mol. The van der Waals surface area contributed by atoms with Gasteiger partial charge in [0.2, 0.25) is 5.95 Å². The predicted octanol–water partition coefficient (Wildman–Crippen LogP) is 1.88. The summed E-state index contributed by atoms with van der Waals surface area (Å²) in [6.07, 6.45) is 4.09. The Morgan fingerprint density at radius 1 is 1.20 bits per heavy atom. The summed E-state index contributed by atoms with van der Waals surface area (Å²) in [4.78, 5) is 7.53. The molecule has 0 atom stereocenters. The molecule has 0 aliphatic carbocycles. The molecule has 0 aliphatic rings. The van der Waals surface area contributed by atoms with Crippen molar-refractivity contribution in [2.75, 3.05) is 0 Å². The third-order valence-corrected chi connectivity index (χ3v) is 2.78. The van der Waals surface area contributed by atoms with Crippen LogP contribution >= 0.6 is 0 Å². The first-order valence-electron chi connectivity index (χ1n) is 5.83. The van der Waals surface area contributed by atoms with Gasteiger partial charge in [-0.2, -0.15) is 4.39 Å². The molecule has 1 N–H and O–H groups in total. The minimum absolute atomic E-state index is 0.0107. The Labute approximate surface area is 113 Å². The van der Waals surface area contributed by atoms with Gasteiger partial charge in [0.1, 0.15) is 23.6 Å². The third kappa shape index (κ3) is 2.20. The molecule has 2 heterocycles. The highest BCUT2D eigenvalue weighted by atomic mass is 19.1. The van der Waals surface area contributed by atoms with Crippen molar-refractivity contribution in [3.05, 3.63) is 48.7 Å². The van der Waals surface area contributed by atoms with Crippen molar-refractivity contribution in [1.29, 1.82) is 0 Å². The van der Waals surface area contributed by atoms with E-state index in [-0.39, 0.29) is 5.75 Å². The van der Waals surface area contributed by atoms with E-state index in [1.54, 1.807) is 19.1 Å². The van der Waals surface area contributed by atoms with Crippen LogP contribution in [0.1, 0.15) is 5.82 Å². The summed E-state index contributed by atoms with van der Waals surface area (Å²) in [5.41, 5.74) is 1.57. The normalized spacial score (nSPS) is 10.7. The van der Waals surface area contributed by atoms with E-state index < -0.39 is 5.95 Å². The molecule has 0 saturated heterocycles. The highest BCUT2D eigenvalue weighted by Gasteiger charge is 2.09. The van der Waals surface area contributed by atoms with Crippen molar-refractivity contribution in [3.63, 3.8) is 0 Å². The molecular weight excluding hydrogens is 261 g/mol. The highest BCUT2D eigenvalue weighted by molar-refractivity contribution is 5.67. The van der Waals surface area contributed by atoms with E-state index in [1.165, 1.54) is 29.4 Å². The van der Waals surface area contributed by atoms with Crippen molar-refractivity contribution in [2.24, 2.45) is 0 Å². The summed E-state index contributed by atoms with van der Waals surface area (Å²) in [6, 6.07) is 4.89. The first kappa shape index (κ1) is 12.2. The van der Waals surface area contributed by atoms with E-state index in [0.29, 0.717) is 22.8 Å². The first-order chi connectivity index (χ1) is 9.63. The maximum atomic E-state index is 12.9. The maximum absolute atomic E-state index is 12.9. The van der Waals surface area contributed by atoms with Gasteiger partial charge in [0.05, 0.1) is 18.1 Å². The van der Waals surface area contributed by atoms with Crippen LogP contribution in [0.3, 0.4) is 0 Å². The SMILES string of the molecule is Cc1ncc(-c2ccc(-n3cnc(F)c3)cc2O)nn1. The summed E-state index contributed by atoms with van der Waals surface area (Å²) >= 11 is 0. The summed E-state index contributed by atoms with van der Waals surface area (Å²) in [5, 5.41) is 17.9. The molecule has 0 bridgehead atoms. The fourth-order valence-corrected chi connectivity index (χ4v) is 1.79. The largest absolute Gasteiger partial charge is 0.507 e. The molecule has 6 nitrogen and oxygen atoms in total. The predicted molar refractivity (Wildman–Crippen MR) is 68.7 cm³/mol. The van der Waals surface area contributed by atoms with Crippen LogP contribution in [0.2, 0.25) is 0 Å². The number of phenolic OH excluding ortho intramolecular Hbond substituents is 1. The van der Waals surface area contributed by atoms with Crippen LogP contribution < -0.4 is 0 Å². The summed E-state index contributed by atoms with van der Waals surface area (Å²) in [6.45, 7) is 1.73. The van der Waals surface area contributed by atoms with Gasteiger partial charge in [-0.1, -0.05) is 0 Å². The van der Waals surface area contributed by atoms with Crippen LogP contribution in [0.15, 0.2) is 36.9 Å². The number of aryl methyl sites for hydroxylation is 1. The van der Waals surface area contributed by atoms with Crippen LogP contribution in [0, 0.1) is 12.9 Å². The van der Waals surface area contributed by atoms with Crippen molar-refractivity contribution >= 4 is 0 Å². The molecule has 2 aromatic heterocycles. The fourth-order valence-electron chi connectivity index (χ4n) is 1.79. The van der Waals surface area contributed by atoms with Crippen LogP contribution in [-0.2, 0) is 0 Å². The number of aromatic hydroxyl groups is 1. The Kier molecular flexibility index (Phi) is 2.86. The summed E-state index contributed by atoms with van der Waals surface area (Å²) in [5.74, 6) is -0.0162. The molecule has 0 amide bonds. The number of hydrogen-bond donors (Lipinski definition) is 1. The number of imidazole rings is 1. The van der Waals surface area contributed by atoms with Gasteiger partial charge in [0.25, 0.3) is 0 Å². The van der Waals surface area contributed by atoms with Gasteiger partial charge in [0, 0.05) is 11.6 Å². The molecule has 0 spiro atoms. The molecule has 0 saturated carbocycles. The molecule has 0 fully saturated rings. The van der Waals surface area contributed by atoms with Crippen molar-refractivity contribution < 1.29 is 9.50 Å². The molecule has 0 radical (unpaired) electrons. The van der Waals surface area contributed by atoms with Gasteiger partial charge in [-0.15, -0.1) is 10.2 Å². The molecule has 1 aromatic carbocycles. The Bertz CT molecular complexity index is 754. The van der Waals surface area contributed by atoms with E-state index in [2.05, 4.69) is 20.2 Å². The number of nitrogens with zero attached hydrogens (tertiary/aromatic N) is 5. The number of rotatable bonds is 2. The third-order valence-electron chi connectivity index (χ3n) is 2.78. The van der Waals surface area contributed by atoms with Gasteiger partial charge in [0.15, 0.2) is 0 Å². The molecule has 3 aromatic rings. The van der Waals surface area contributed by atoms with Crippen LogP contribution in [0.5, 0.6) is 5.75 Å². The fraction of sp³-hybridized carbons (Fsp3) is 0.0769. The van der Waals surface area contributed by atoms with Gasteiger partial charge in [-0.3, -0.25) is 0 Å². The van der Waals surface area contributed by atoms with Crippen molar-refractivity contribution in [1.82, 2.24) is 24.7 Å². The van der Waals surface area contributed by atoms with E-state index in [4.69, 9.17) is 0 Å². The summed E-state index contributed by atoms with van der Waals surface area (Å²) < 4.78 is 14.3. The number of phenols is 1. The zero-order valence-corrected chi connectivity index (χ0v) is 10.5. The Balaban J connectivity index is 2.01. The second-order valence-electron chi connectivity index (χ2n) is 4.20. The minimum Gasteiger partial charge on any atom is -0.507 e. The van der Waals surface area contributed by atoms with E-state index in [9.17, 15) is 9.50 Å². The molecule has 7 heteroatoms. The lowest BCUT2D eigenvalue weighted by molar-refractivity contribution is 0.476. The van der Waals surface area contributed by atoms with Gasteiger partial charge < -0.3 is 9.67 Å². The van der Waals surface area contributed by atoms with Crippen LogP contribution in [0.4, 0.5) is 4.39 Å². The average Bonchev–Trinajstić information content (AvgIpc) is 2.87. The van der Waals surface area contributed by atoms with Gasteiger partial charge >= 0.3 is 0 Å². The second kappa shape index (κ2) is 4.69. The quantitative estimate of drug-likeness (QED) is 0.770. The highest BCUT2D eigenvalue weighted by Crippen LogP contribution is 2.29. The lowest BCUT2D eigenvalue weighted by Gasteiger charge is -2.07.